The second-order valence-electron chi connectivity index (χ2n) is 8.28. The third-order valence-electron chi connectivity index (χ3n) is 5.55. The van der Waals surface area contributed by atoms with Gasteiger partial charge in [0.05, 0.1) is 5.69 Å². The van der Waals surface area contributed by atoms with Crippen LogP contribution >= 0.6 is 15.9 Å². The Morgan fingerprint density at radius 2 is 0.951 bits per heavy atom. The summed E-state index contributed by atoms with van der Waals surface area (Å²) in [5.74, 6) is -48.3. The molecular formula is C23H10BrF15N2. The molecule has 0 bridgehead atoms. The van der Waals surface area contributed by atoms with Crippen LogP contribution in [0.25, 0.3) is 22.6 Å². The Labute approximate surface area is 227 Å². The molecular weight excluding hydrogens is 669 g/mol. The van der Waals surface area contributed by atoms with Gasteiger partial charge in [-0.1, -0.05) is 58.4 Å². The first-order chi connectivity index (χ1) is 18.4. The van der Waals surface area contributed by atoms with Gasteiger partial charge >= 0.3 is 41.7 Å². The summed E-state index contributed by atoms with van der Waals surface area (Å²) in [4.78, 5) is 6.82. The van der Waals surface area contributed by atoms with Crippen molar-refractivity contribution in [3.05, 3.63) is 70.8 Å². The van der Waals surface area contributed by atoms with Gasteiger partial charge in [-0.25, -0.2) is 9.97 Å². The van der Waals surface area contributed by atoms with Crippen LogP contribution in [0.15, 0.2) is 65.1 Å². The van der Waals surface area contributed by atoms with Crippen molar-refractivity contribution in [2.45, 2.75) is 41.7 Å². The molecule has 2 nitrogen and oxygen atoms in total. The molecule has 41 heavy (non-hydrogen) atoms. The Kier molecular flexibility index (Phi) is 7.95. The third kappa shape index (κ3) is 5.01. The smallest absolute Gasteiger partial charge is 0.228 e. The highest BCUT2D eigenvalue weighted by Crippen LogP contribution is 2.63. The molecule has 0 fully saturated rings. The normalized spacial score (nSPS) is 14.3. The van der Waals surface area contributed by atoms with Gasteiger partial charge in [0.25, 0.3) is 0 Å². The van der Waals surface area contributed by atoms with Crippen LogP contribution < -0.4 is 0 Å². The van der Waals surface area contributed by atoms with Crippen molar-refractivity contribution in [2.24, 2.45) is 0 Å². The largest absolute Gasteiger partial charge is 0.460 e. The third-order valence-corrected chi connectivity index (χ3v) is 6.08. The topological polar surface area (TPSA) is 25.8 Å². The first-order valence-electron chi connectivity index (χ1n) is 10.5. The molecule has 0 aliphatic heterocycles. The lowest BCUT2D eigenvalue weighted by Gasteiger charge is -2.41. The summed E-state index contributed by atoms with van der Waals surface area (Å²) in [6.45, 7) is 0. The van der Waals surface area contributed by atoms with Gasteiger partial charge < -0.3 is 0 Å². The second kappa shape index (κ2) is 10.0. The molecule has 0 radical (unpaired) electrons. The lowest BCUT2D eigenvalue weighted by molar-refractivity contribution is -0.454. The fourth-order valence-electron chi connectivity index (χ4n) is 3.22. The average Bonchev–Trinajstić information content (AvgIpc) is 2.88. The van der Waals surface area contributed by atoms with Gasteiger partial charge in [-0.15, -0.1) is 0 Å². The minimum Gasteiger partial charge on any atom is -0.228 e. The Morgan fingerprint density at radius 3 is 1.44 bits per heavy atom. The highest BCUT2D eigenvalue weighted by Gasteiger charge is 2.93. The van der Waals surface area contributed by atoms with Crippen molar-refractivity contribution in [3.63, 3.8) is 0 Å². The van der Waals surface area contributed by atoms with Crippen molar-refractivity contribution in [3.8, 4) is 22.6 Å². The minimum absolute atomic E-state index is 0.0950. The van der Waals surface area contributed by atoms with Crippen LogP contribution in [-0.4, -0.2) is 45.8 Å². The lowest BCUT2D eigenvalue weighted by Crippen LogP contribution is -2.72. The monoisotopic (exact) mass is 678 g/mol. The van der Waals surface area contributed by atoms with Crippen LogP contribution in [0, 0.1) is 0 Å². The summed E-state index contributed by atoms with van der Waals surface area (Å²) in [5.41, 5.74) is -3.56. The summed E-state index contributed by atoms with van der Waals surface area (Å²) in [5, 5.41) is 0. The Morgan fingerprint density at radius 1 is 0.488 bits per heavy atom. The van der Waals surface area contributed by atoms with Crippen LogP contribution in [0.4, 0.5) is 65.9 Å². The Hall–Kier alpha value is -3.05. The van der Waals surface area contributed by atoms with Crippen molar-refractivity contribution < 1.29 is 65.9 Å². The van der Waals surface area contributed by atoms with Gasteiger partial charge in [0.1, 0.15) is 5.69 Å². The van der Waals surface area contributed by atoms with Gasteiger partial charge in [0.15, 0.2) is 5.82 Å². The molecule has 0 unspecified atom stereocenters. The summed E-state index contributed by atoms with van der Waals surface area (Å²) in [7, 11) is 0. The first kappa shape index (κ1) is 32.5. The van der Waals surface area contributed by atoms with Crippen molar-refractivity contribution >= 4 is 15.9 Å². The summed E-state index contributed by atoms with van der Waals surface area (Å²) in [6.07, 6.45) is -7.68. The van der Waals surface area contributed by atoms with Crippen molar-refractivity contribution in [1.29, 1.82) is 0 Å². The number of aromatic nitrogens is 2. The lowest BCUT2D eigenvalue weighted by atomic mass is 9.89. The maximum atomic E-state index is 15.0. The molecule has 0 aliphatic carbocycles. The Balaban J connectivity index is 2.25. The number of benzene rings is 2. The maximum absolute atomic E-state index is 15.0. The molecule has 0 aliphatic rings. The maximum Gasteiger partial charge on any atom is 0.460 e. The number of hydrogen-bond donors (Lipinski definition) is 0. The van der Waals surface area contributed by atoms with Crippen LogP contribution in [0.1, 0.15) is 5.69 Å². The highest BCUT2D eigenvalue weighted by molar-refractivity contribution is 9.10. The van der Waals surface area contributed by atoms with E-state index in [1.807, 2.05) is 0 Å². The van der Waals surface area contributed by atoms with E-state index in [-0.39, 0.29) is 17.2 Å². The number of rotatable bonds is 8. The van der Waals surface area contributed by atoms with Gasteiger partial charge in [-0.05, 0) is 18.2 Å². The number of hydrogen-bond acceptors (Lipinski definition) is 2. The minimum atomic E-state index is -8.39. The predicted molar refractivity (Wildman–Crippen MR) is 115 cm³/mol. The van der Waals surface area contributed by atoms with E-state index in [4.69, 9.17) is 0 Å². The molecule has 3 rings (SSSR count). The van der Waals surface area contributed by atoms with E-state index in [1.165, 1.54) is 30.3 Å². The fraction of sp³-hybridized carbons (Fsp3) is 0.304. The predicted octanol–water partition coefficient (Wildman–Crippen LogP) is 9.40. The van der Waals surface area contributed by atoms with Gasteiger partial charge in [-0.2, -0.15) is 65.9 Å². The van der Waals surface area contributed by atoms with Gasteiger partial charge in [0, 0.05) is 15.6 Å². The fourth-order valence-corrected chi connectivity index (χ4v) is 3.48. The molecule has 0 N–H and O–H groups in total. The zero-order valence-corrected chi connectivity index (χ0v) is 20.8. The van der Waals surface area contributed by atoms with E-state index in [2.05, 4.69) is 25.9 Å². The molecule has 3 aromatic rings. The molecule has 2 aromatic carbocycles. The van der Waals surface area contributed by atoms with E-state index < -0.39 is 58.9 Å². The summed E-state index contributed by atoms with van der Waals surface area (Å²) >= 11 is 3.02. The summed E-state index contributed by atoms with van der Waals surface area (Å²) < 4.78 is 206. The highest BCUT2D eigenvalue weighted by atomic mass is 79.9. The zero-order chi connectivity index (χ0) is 31.4. The number of halogens is 16. The van der Waals surface area contributed by atoms with Crippen LogP contribution in [-0.2, 0) is 5.92 Å². The van der Waals surface area contributed by atoms with Gasteiger partial charge in [-0.3, -0.25) is 0 Å². The zero-order valence-electron chi connectivity index (χ0n) is 19.2. The second-order valence-corrected chi connectivity index (χ2v) is 9.19. The standard InChI is InChI=1S/C23H10BrF15N2/c24-13-8-6-12(7-9-13)16-40-14(11-4-2-1-3-5-11)10-15(41-16)17(25,26)18(27,28)19(29,30)20(31,32)21(33,34)22(35,36)23(37,38)39/h1-10H. The molecule has 18 heteroatoms. The van der Waals surface area contributed by atoms with E-state index in [0.717, 1.165) is 24.3 Å². The quantitative estimate of drug-likeness (QED) is 0.222. The molecule has 0 spiro atoms. The molecule has 0 saturated carbocycles. The molecule has 0 amide bonds. The number of nitrogens with zero attached hydrogens (tertiary/aromatic N) is 2. The van der Waals surface area contributed by atoms with Crippen molar-refractivity contribution in [2.75, 3.05) is 0 Å². The molecule has 1 heterocycles. The van der Waals surface area contributed by atoms with E-state index in [9.17, 15) is 57.1 Å². The van der Waals surface area contributed by atoms with Crippen LogP contribution in [0.5, 0.6) is 0 Å². The first-order valence-corrected chi connectivity index (χ1v) is 11.3. The SMILES string of the molecule is FC(F)(F)C(F)(F)C(F)(F)C(F)(F)C(F)(F)C(F)(F)C(F)(F)c1cc(-c2ccccc2)nc(-c2ccc(Br)cc2)n1. The van der Waals surface area contributed by atoms with Crippen LogP contribution in [0.2, 0.25) is 0 Å². The van der Waals surface area contributed by atoms with E-state index >= 15 is 8.78 Å². The molecule has 0 atom stereocenters. The van der Waals surface area contributed by atoms with Crippen molar-refractivity contribution in [1.82, 2.24) is 9.97 Å². The molecule has 1 aromatic heterocycles. The van der Waals surface area contributed by atoms with E-state index in [0.29, 0.717) is 4.47 Å². The Bertz CT molecular complexity index is 1390. The van der Waals surface area contributed by atoms with E-state index in [1.54, 1.807) is 0 Å². The molecule has 0 saturated heterocycles. The number of alkyl halides is 15. The average molecular weight is 679 g/mol. The molecule has 224 valence electrons. The van der Waals surface area contributed by atoms with Crippen LogP contribution in [0.3, 0.4) is 0 Å². The summed E-state index contributed by atoms with van der Waals surface area (Å²) in [6, 6.07) is 10.9. The van der Waals surface area contributed by atoms with Gasteiger partial charge in [0.2, 0.25) is 0 Å².